The molecule has 0 radical (unpaired) electrons. The standard InChI is InChI=1S/C38H41N3.2CH3.Hf/c1-24(2)32-15-11-16-33(25(3)4)38(32)40-23-31-13-10-17-35(41-31)36-30(19-18-29-12-8-9-14-34(29)36)22-39-37-27(6)20-26(5)21-28(37)7;;;/h8-21,24-25H,22-23H2,1-7H3;2*1H3;/q-2;2*-1;. The second kappa shape index (κ2) is 16.2. The van der Waals surface area contributed by atoms with Crippen LogP contribution in [0.3, 0.4) is 0 Å². The molecule has 0 saturated carbocycles. The Kier molecular flexibility index (Phi) is 13.6. The first kappa shape index (κ1) is 36.9. The third kappa shape index (κ3) is 8.07. The van der Waals surface area contributed by atoms with Crippen molar-refractivity contribution in [2.75, 3.05) is 0 Å². The fourth-order valence-corrected chi connectivity index (χ4v) is 5.90. The largest absolute Gasteiger partial charge is 0.680 e. The molecule has 0 amide bonds. The van der Waals surface area contributed by atoms with Gasteiger partial charge in [-0.2, -0.15) is 0 Å². The Morgan fingerprint density at radius 3 is 1.86 bits per heavy atom. The molecule has 0 unspecified atom stereocenters. The monoisotopic (exact) mass is 749 g/mol. The van der Waals surface area contributed by atoms with Crippen molar-refractivity contribution in [1.82, 2.24) is 4.98 Å². The number of pyridine rings is 1. The molecular weight excluding hydrogens is 701 g/mol. The predicted octanol–water partition coefficient (Wildman–Crippen LogP) is 12.4. The summed E-state index contributed by atoms with van der Waals surface area (Å²) in [5.74, 6) is 0.823. The van der Waals surface area contributed by atoms with Crippen LogP contribution in [0, 0.1) is 35.6 Å². The number of hydrogen-bond donors (Lipinski definition) is 0. The van der Waals surface area contributed by atoms with Gasteiger partial charge in [-0.3, -0.25) is 4.98 Å². The van der Waals surface area contributed by atoms with Gasteiger partial charge in [-0.05, 0) is 55.5 Å². The van der Waals surface area contributed by atoms with E-state index in [2.05, 4.69) is 133 Å². The minimum Gasteiger partial charge on any atom is -0.680 e. The Morgan fingerprint density at radius 2 is 1.23 bits per heavy atom. The van der Waals surface area contributed by atoms with E-state index < -0.39 is 0 Å². The molecule has 0 saturated heterocycles. The van der Waals surface area contributed by atoms with E-state index in [1.165, 1.54) is 44.2 Å². The van der Waals surface area contributed by atoms with Crippen LogP contribution in [0.2, 0.25) is 0 Å². The van der Waals surface area contributed by atoms with Gasteiger partial charge in [0.25, 0.3) is 0 Å². The van der Waals surface area contributed by atoms with Crippen molar-refractivity contribution in [3.63, 3.8) is 0 Å². The first-order chi connectivity index (χ1) is 19.7. The molecule has 0 aliphatic carbocycles. The fraction of sp³-hybridized carbons (Fsp3) is 0.275. The maximum absolute atomic E-state index is 5.18. The summed E-state index contributed by atoms with van der Waals surface area (Å²) in [7, 11) is 0. The molecule has 1 aromatic heterocycles. The van der Waals surface area contributed by atoms with Crippen LogP contribution in [0.5, 0.6) is 0 Å². The minimum atomic E-state index is 0. The van der Waals surface area contributed by atoms with Crippen LogP contribution in [-0.4, -0.2) is 4.98 Å². The molecule has 1 heterocycles. The van der Waals surface area contributed by atoms with Crippen LogP contribution >= 0.6 is 0 Å². The Hall–Kier alpha value is -3.24. The summed E-state index contributed by atoms with van der Waals surface area (Å²) in [5, 5.41) is 12.7. The number of aryl methyl sites for hydroxylation is 3. The summed E-state index contributed by atoms with van der Waals surface area (Å²) in [6, 6.07) is 30.3. The molecule has 0 aliphatic rings. The van der Waals surface area contributed by atoms with E-state index in [9.17, 15) is 0 Å². The van der Waals surface area contributed by atoms with Crippen molar-refractivity contribution in [3.8, 4) is 11.3 Å². The molecule has 5 rings (SSSR count). The van der Waals surface area contributed by atoms with Crippen LogP contribution < -0.4 is 0 Å². The summed E-state index contributed by atoms with van der Waals surface area (Å²) < 4.78 is 0. The molecule has 0 aliphatic heterocycles. The van der Waals surface area contributed by atoms with Gasteiger partial charge in [0.05, 0.1) is 5.69 Å². The zero-order chi connectivity index (χ0) is 29.1. The Labute approximate surface area is 285 Å². The molecule has 4 aromatic carbocycles. The van der Waals surface area contributed by atoms with E-state index in [-0.39, 0.29) is 40.7 Å². The van der Waals surface area contributed by atoms with Gasteiger partial charge in [0.1, 0.15) is 0 Å². The van der Waals surface area contributed by atoms with Crippen molar-refractivity contribution in [3.05, 3.63) is 149 Å². The smallest absolute Gasteiger partial charge is 0.0713 e. The molecule has 0 fully saturated rings. The predicted molar refractivity (Wildman–Crippen MR) is 189 cm³/mol. The second-order valence-electron chi connectivity index (χ2n) is 11.8. The van der Waals surface area contributed by atoms with Crippen LogP contribution in [0.15, 0.2) is 84.9 Å². The number of benzene rings is 4. The van der Waals surface area contributed by atoms with Crippen molar-refractivity contribution >= 4 is 22.1 Å². The van der Waals surface area contributed by atoms with Crippen molar-refractivity contribution in [2.24, 2.45) is 0 Å². The van der Waals surface area contributed by atoms with Gasteiger partial charge >= 0.3 is 0 Å². The Morgan fingerprint density at radius 1 is 0.636 bits per heavy atom. The topological polar surface area (TPSA) is 41.1 Å². The average molecular weight is 748 g/mol. The summed E-state index contributed by atoms with van der Waals surface area (Å²) in [6.45, 7) is 16.5. The third-order valence-corrected chi connectivity index (χ3v) is 7.86. The first-order valence-electron chi connectivity index (χ1n) is 14.8. The second-order valence-corrected chi connectivity index (χ2v) is 11.8. The van der Waals surface area contributed by atoms with E-state index >= 15 is 0 Å². The third-order valence-electron chi connectivity index (χ3n) is 7.86. The fourth-order valence-electron chi connectivity index (χ4n) is 5.90. The van der Waals surface area contributed by atoms with Crippen molar-refractivity contribution in [2.45, 2.75) is 73.4 Å². The van der Waals surface area contributed by atoms with Gasteiger partial charge in [0.2, 0.25) is 0 Å². The van der Waals surface area contributed by atoms with E-state index in [0.29, 0.717) is 24.9 Å². The van der Waals surface area contributed by atoms with Gasteiger partial charge in [-0.1, -0.05) is 140 Å². The number of aromatic nitrogens is 1. The molecule has 0 bridgehead atoms. The van der Waals surface area contributed by atoms with E-state index in [1.54, 1.807) is 0 Å². The number of nitrogens with zero attached hydrogens (tertiary/aromatic N) is 3. The van der Waals surface area contributed by atoms with Gasteiger partial charge in [-0.15, -0.1) is 17.9 Å². The molecule has 5 aromatic rings. The van der Waals surface area contributed by atoms with E-state index in [4.69, 9.17) is 15.6 Å². The Balaban J connectivity index is 0.00000225. The van der Waals surface area contributed by atoms with Crippen LogP contribution in [0.25, 0.3) is 32.7 Å². The molecule has 230 valence electrons. The molecule has 44 heavy (non-hydrogen) atoms. The molecule has 0 spiro atoms. The SMILES string of the molecule is Cc1cc(C)c([N-]Cc2ccc3ccccc3c2-c2cccc(C[N-]c3c(C(C)C)cccc3C(C)C)n2)c(C)c1.[CH3-].[CH3-].[Hf]. The Bertz CT molecular complexity index is 1640. The number of para-hydroxylation sites is 1. The summed E-state index contributed by atoms with van der Waals surface area (Å²) in [4.78, 5) is 5.18. The molecule has 3 nitrogen and oxygen atoms in total. The molecular formula is C40H47HfN3-4. The summed E-state index contributed by atoms with van der Waals surface area (Å²) >= 11 is 0. The van der Waals surface area contributed by atoms with E-state index in [0.717, 1.165) is 28.3 Å². The quantitative estimate of drug-likeness (QED) is 0.109. The zero-order valence-corrected chi connectivity index (χ0v) is 31.6. The maximum atomic E-state index is 5.18. The maximum Gasteiger partial charge on any atom is 0.0713 e. The van der Waals surface area contributed by atoms with Gasteiger partial charge in [0, 0.05) is 37.1 Å². The van der Waals surface area contributed by atoms with E-state index in [1.807, 2.05) is 0 Å². The van der Waals surface area contributed by atoms with Crippen molar-refractivity contribution in [1.29, 1.82) is 0 Å². The van der Waals surface area contributed by atoms with Gasteiger partial charge in [-0.25, -0.2) is 0 Å². The van der Waals surface area contributed by atoms with Crippen LogP contribution in [0.1, 0.15) is 78.6 Å². The van der Waals surface area contributed by atoms with Crippen molar-refractivity contribution < 1.29 is 25.8 Å². The average Bonchev–Trinajstić information content (AvgIpc) is 2.95. The number of hydrogen-bond acceptors (Lipinski definition) is 1. The molecule has 0 N–H and O–H groups in total. The van der Waals surface area contributed by atoms with Gasteiger partial charge in [0.15, 0.2) is 0 Å². The number of rotatable bonds is 9. The minimum absolute atomic E-state index is 0. The van der Waals surface area contributed by atoms with Gasteiger partial charge < -0.3 is 25.5 Å². The van der Waals surface area contributed by atoms with Crippen LogP contribution in [-0.2, 0) is 38.9 Å². The number of fused-ring (bicyclic) bond motifs is 1. The first-order valence-corrected chi connectivity index (χ1v) is 14.8. The summed E-state index contributed by atoms with van der Waals surface area (Å²) in [6.07, 6.45) is 0. The normalized spacial score (nSPS) is 10.7. The molecule has 0 atom stereocenters. The van der Waals surface area contributed by atoms with Crippen LogP contribution in [0.4, 0.5) is 11.4 Å². The molecule has 4 heteroatoms. The zero-order valence-electron chi connectivity index (χ0n) is 28.0. The summed E-state index contributed by atoms with van der Waals surface area (Å²) in [5.41, 5.74) is 12.8.